The van der Waals surface area contributed by atoms with Gasteiger partial charge < -0.3 is 10.5 Å². The van der Waals surface area contributed by atoms with Crippen molar-refractivity contribution in [2.24, 2.45) is 5.84 Å². The fourth-order valence-electron chi connectivity index (χ4n) is 1.37. The number of anilines is 1. The zero-order chi connectivity index (χ0) is 9.26. The van der Waals surface area contributed by atoms with E-state index >= 15 is 0 Å². The molecule has 66 valence electrons. The molecule has 0 atom stereocenters. The van der Waals surface area contributed by atoms with Gasteiger partial charge in [0.2, 0.25) is 0 Å². The molecule has 0 spiro atoms. The predicted octanol–water partition coefficient (Wildman–Crippen LogP) is 1.83. The average Bonchev–Trinajstić information content (AvgIpc) is 2.18. The van der Waals surface area contributed by atoms with E-state index in [0.717, 1.165) is 10.8 Å². The Morgan fingerprint density at radius 2 is 1.92 bits per heavy atom. The lowest BCUT2D eigenvalue weighted by atomic mass is 10.1. The van der Waals surface area contributed by atoms with Gasteiger partial charge in [0, 0.05) is 11.5 Å². The third-order valence-electron chi connectivity index (χ3n) is 2.01. The van der Waals surface area contributed by atoms with Crippen LogP contribution in [0.25, 0.3) is 10.8 Å². The van der Waals surface area contributed by atoms with E-state index < -0.39 is 0 Å². The van der Waals surface area contributed by atoms with Crippen molar-refractivity contribution in [1.29, 1.82) is 0 Å². The minimum Gasteiger partial charge on any atom is -0.507 e. The predicted molar refractivity (Wildman–Crippen MR) is 53.4 cm³/mol. The van der Waals surface area contributed by atoms with Crippen molar-refractivity contribution in [3.8, 4) is 5.75 Å². The highest BCUT2D eigenvalue weighted by atomic mass is 16.3. The Balaban J connectivity index is 2.77. The molecule has 0 aliphatic heterocycles. The maximum Gasteiger partial charge on any atom is 0.125 e. The van der Waals surface area contributed by atoms with Crippen LogP contribution in [0, 0.1) is 0 Å². The molecule has 2 rings (SSSR count). The summed E-state index contributed by atoms with van der Waals surface area (Å²) >= 11 is 0. The number of benzene rings is 2. The van der Waals surface area contributed by atoms with Crippen molar-refractivity contribution >= 4 is 16.5 Å². The molecule has 0 amide bonds. The first-order chi connectivity index (χ1) is 6.31. The number of nitrogens with two attached hydrogens (primary N) is 1. The van der Waals surface area contributed by atoms with Crippen molar-refractivity contribution in [1.82, 2.24) is 0 Å². The summed E-state index contributed by atoms with van der Waals surface area (Å²) in [7, 11) is 0. The van der Waals surface area contributed by atoms with E-state index in [9.17, 15) is 5.11 Å². The highest BCUT2D eigenvalue weighted by Gasteiger charge is 2.00. The van der Waals surface area contributed by atoms with Crippen LogP contribution in [0.2, 0.25) is 0 Å². The van der Waals surface area contributed by atoms with Gasteiger partial charge in [0.05, 0.1) is 5.69 Å². The number of phenols is 1. The maximum absolute atomic E-state index is 9.59. The van der Waals surface area contributed by atoms with Crippen LogP contribution >= 0.6 is 0 Å². The zero-order valence-corrected chi connectivity index (χ0v) is 6.99. The van der Waals surface area contributed by atoms with Gasteiger partial charge in [-0.2, -0.15) is 0 Å². The van der Waals surface area contributed by atoms with Crippen LogP contribution in [-0.4, -0.2) is 5.11 Å². The quantitative estimate of drug-likeness (QED) is 0.456. The molecule has 3 heteroatoms. The van der Waals surface area contributed by atoms with Crippen LogP contribution in [0.1, 0.15) is 0 Å². The van der Waals surface area contributed by atoms with E-state index in [1.54, 1.807) is 6.07 Å². The van der Waals surface area contributed by atoms with E-state index in [2.05, 4.69) is 5.43 Å². The third kappa shape index (κ3) is 1.29. The number of fused-ring (bicyclic) bond motifs is 1. The lowest BCUT2D eigenvalue weighted by Gasteiger charge is -2.04. The first-order valence-electron chi connectivity index (χ1n) is 3.99. The summed E-state index contributed by atoms with van der Waals surface area (Å²) in [6, 6.07) is 11.1. The van der Waals surface area contributed by atoms with Crippen LogP contribution < -0.4 is 11.3 Å². The molecule has 0 saturated carbocycles. The molecule has 0 unspecified atom stereocenters. The second-order valence-corrected chi connectivity index (χ2v) is 2.86. The van der Waals surface area contributed by atoms with Crippen molar-refractivity contribution in [3.05, 3.63) is 36.4 Å². The topological polar surface area (TPSA) is 58.3 Å². The number of hydrogen-bond donors (Lipinski definition) is 3. The Kier molecular flexibility index (Phi) is 1.79. The van der Waals surface area contributed by atoms with Crippen molar-refractivity contribution in [2.75, 3.05) is 5.43 Å². The second-order valence-electron chi connectivity index (χ2n) is 2.86. The van der Waals surface area contributed by atoms with Gasteiger partial charge in [0.15, 0.2) is 0 Å². The number of phenolic OH excluding ortho intramolecular Hbond substituents is 1. The van der Waals surface area contributed by atoms with Crippen LogP contribution in [0.4, 0.5) is 5.69 Å². The molecule has 0 aromatic heterocycles. The average molecular weight is 174 g/mol. The van der Waals surface area contributed by atoms with E-state index in [1.165, 1.54) is 0 Å². The first-order valence-corrected chi connectivity index (χ1v) is 3.99. The molecular weight excluding hydrogens is 164 g/mol. The minimum atomic E-state index is 0.242. The zero-order valence-electron chi connectivity index (χ0n) is 6.99. The smallest absolute Gasteiger partial charge is 0.125 e. The van der Waals surface area contributed by atoms with Gasteiger partial charge >= 0.3 is 0 Å². The first kappa shape index (κ1) is 7.89. The van der Waals surface area contributed by atoms with Crippen LogP contribution in [0.3, 0.4) is 0 Å². The number of rotatable bonds is 1. The Labute approximate surface area is 75.8 Å². The molecule has 0 aliphatic rings. The Bertz CT molecular complexity index is 440. The van der Waals surface area contributed by atoms with Gasteiger partial charge in [-0.3, -0.25) is 5.84 Å². The number of nitrogen functional groups attached to an aromatic ring is 1. The van der Waals surface area contributed by atoms with Crippen molar-refractivity contribution < 1.29 is 5.11 Å². The van der Waals surface area contributed by atoms with Crippen molar-refractivity contribution in [3.63, 3.8) is 0 Å². The molecular formula is C10H10N2O. The largest absolute Gasteiger partial charge is 0.507 e. The number of hydrogen-bond acceptors (Lipinski definition) is 3. The highest BCUT2D eigenvalue weighted by molar-refractivity contribution is 5.91. The second kappa shape index (κ2) is 2.95. The molecule has 4 N–H and O–H groups in total. The molecule has 0 saturated heterocycles. The normalized spacial score (nSPS) is 10.2. The monoisotopic (exact) mass is 174 g/mol. The van der Waals surface area contributed by atoms with Gasteiger partial charge in [0.25, 0.3) is 0 Å². The maximum atomic E-state index is 9.59. The van der Waals surface area contributed by atoms with Gasteiger partial charge in [0.1, 0.15) is 5.75 Å². The van der Waals surface area contributed by atoms with Crippen molar-refractivity contribution in [2.45, 2.75) is 0 Å². The lowest BCUT2D eigenvalue weighted by Crippen LogP contribution is -2.06. The number of nitrogens with one attached hydrogen (secondary N) is 1. The standard InChI is InChI=1S/C10H10N2O/c11-12-8-5-7-3-1-2-4-9(7)10(13)6-8/h1-6,12-13H,11H2. The lowest BCUT2D eigenvalue weighted by molar-refractivity contribution is 0.482. The molecule has 0 fully saturated rings. The molecule has 13 heavy (non-hydrogen) atoms. The summed E-state index contributed by atoms with van der Waals surface area (Å²) < 4.78 is 0. The van der Waals surface area contributed by atoms with Gasteiger partial charge in [-0.1, -0.05) is 24.3 Å². The number of aromatic hydroxyl groups is 1. The van der Waals surface area contributed by atoms with E-state index in [1.807, 2.05) is 30.3 Å². The molecule has 0 bridgehead atoms. The van der Waals surface area contributed by atoms with Crippen LogP contribution in [0.15, 0.2) is 36.4 Å². The summed E-state index contributed by atoms with van der Waals surface area (Å²) in [5.74, 6) is 5.49. The van der Waals surface area contributed by atoms with Crippen LogP contribution in [-0.2, 0) is 0 Å². The molecule has 0 aliphatic carbocycles. The number of hydrazine groups is 1. The summed E-state index contributed by atoms with van der Waals surface area (Å²) in [5, 5.41) is 11.4. The molecule has 0 radical (unpaired) electrons. The summed E-state index contributed by atoms with van der Waals surface area (Å²) in [6.45, 7) is 0. The Morgan fingerprint density at radius 3 is 2.69 bits per heavy atom. The minimum absolute atomic E-state index is 0.242. The van der Waals surface area contributed by atoms with Crippen LogP contribution in [0.5, 0.6) is 5.75 Å². The Hall–Kier alpha value is -1.74. The summed E-state index contributed by atoms with van der Waals surface area (Å²) in [5.41, 5.74) is 3.20. The van der Waals surface area contributed by atoms with E-state index in [-0.39, 0.29) is 5.75 Å². The third-order valence-corrected chi connectivity index (χ3v) is 2.01. The SMILES string of the molecule is NNc1cc(O)c2ccccc2c1. The van der Waals surface area contributed by atoms with Gasteiger partial charge in [-0.15, -0.1) is 0 Å². The Morgan fingerprint density at radius 1 is 1.15 bits per heavy atom. The van der Waals surface area contributed by atoms with Gasteiger partial charge in [-0.05, 0) is 11.5 Å². The molecule has 2 aromatic rings. The van der Waals surface area contributed by atoms with E-state index in [0.29, 0.717) is 5.69 Å². The summed E-state index contributed by atoms with van der Waals surface area (Å²) in [4.78, 5) is 0. The highest BCUT2D eigenvalue weighted by Crippen LogP contribution is 2.27. The van der Waals surface area contributed by atoms with Gasteiger partial charge in [-0.25, -0.2) is 0 Å². The fraction of sp³-hybridized carbons (Fsp3) is 0. The molecule has 2 aromatic carbocycles. The molecule has 0 heterocycles. The fourth-order valence-corrected chi connectivity index (χ4v) is 1.37. The van der Waals surface area contributed by atoms with E-state index in [4.69, 9.17) is 5.84 Å². The molecule has 3 nitrogen and oxygen atoms in total. The summed E-state index contributed by atoms with van der Waals surface area (Å²) in [6.07, 6.45) is 0.